The molecule has 0 aromatic heterocycles. The minimum atomic E-state index is -0.186. The lowest BCUT2D eigenvalue weighted by atomic mass is 10.0. The third-order valence-electron chi connectivity index (χ3n) is 4.28. The zero-order valence-corrected chi connectivity index (χ0v) is 12.5. The van der Waals surface area contributed by atoms with E-state index in [1.807, 2.05) is 30.3 Å². The molecule has 1 aliphatic heterocycles. The van der Waals surface area contributed by atoms with Gasteiger partial charge in [0.25, 0.3) is 0 Å². The molecule has 116 valence electrons. The average Bonchev–Trinajstić information content (AvgIpc) is 2.58. The van der Waals surface area contributed by atoms with Crippen LogP contribution in [0.1, 0.15) is 17.2 Å². The second-order valence-electron chi connectivity index (χ2n) is 5.73. The van der Waals surface area contributed by atoms with Crippen LogP contribution in [0.5, 0.6) is 0 Å². The Morgan fingerprint density at radius 3 is 2.55 bits per heavy atom. The Morgan fingerprint density at radius 2 is 1.82 bits per heavy atom. The second-order valence-corrected chi connectivity index (χ2v) is 5.73. The number of benzene rings is 2. The van der Waals surface area contributed by atoms with Gasteiger partial charge in [-0.1, -0.05) is 48.5 Å². The van der Waals surface area contributed by atoms with E-state index < -0.39 is 0 Å². The summed E-state index contributed by atoms with van der Waals surface area (Å²) < 4.78 is 13.9. The number of rotatable bonds is 4. The van der Waals surface area contributed by atoms with Crippen LogP contribution >= 0.6 is 0 Å². The molecule has 2 aromatic rings. The fourth-order valence-electron chi connectivity index (χ4n) is 2.98. The Bertz CT molecular complexity index is 605. The van der Waals surface area contributed by atoms with E-state index in [0.29, 0.717) is 18.7 Å². The molecule has 0 aliphatic carbocycles. The highest BCUT2D eigenvalue weighted by Gasteiger charge is 2.28. The molecule has 3 rings (SSSR count). The quantitative estimate of drug-likeness (QED) is 0.910. The van der Waals surface area contributed by atoms with Gasteiger partial charge < -0.3 is 10.4 Å². The summed E-state index contributed by atoms with van der Waals surface area (Å²) in [5, 5.41) is 13.1. The summed E-state index contributed by atoms with van der Waals surface area (Å²) in [7, 11) is 0. The molecule has 1 aliphatic rings. The SMILES string of the molecule is OCC1CNC(c2ccccc2)CN1Cc1ccccc1F. The molecule has 4 heteroatoms. The van der Waals surface area contributed by atoms with Crippen molar-refractivity contribution in [2.75, 3.05) is 19.7 Å². The molecular formula is C18H21FN2O. The van der Waals surface area contributed by atoms with Crippen LogP contribution < -0.4 is 5.32 Å². The van der Waals surface area contributed by atoms with Crippen molar-refractivity contribution in [3.8, 4) is 0 Å². The normalized spacial score (nSPS) is 22.6. The van der Waals surface area contributed by atoms with Crippen LogP contribution in [0, 0.1) is 5.82 Å². The molecule has 22 heavy (non-hydrogen) atoms. The van der Waals surface area contributed by atoms with Gasteiger partial charge in [-0.15, -0.1) is 0 Å². The van der Waals surface area contributed by atoms with Crippen LogP contribution in [0.4, 0.5) is 4.39 Å². The van der Waals surface area contributed by atoms with E-state index in [4.69, 9.17) is 0 Å². The third-order valence-corrected chi connectivity index (χ3v) is 4.28. The number of aliphatic hydroxyl groups is 1. The molecule has 2 unspecified atom stereocenters. The van der Waals surface area contributed by atoms with E-state index in [9.17, 15) is 9.50 Å². The van der Waals surface area contributed by atoms with Crippen molar-refractivity contribution in [1.29, 1.82) is 0 Å². The second kappa shape index (κ2) is 7.01. The van der Waals surface area contributed by atoms with Gasteiger partial charge in [-0.05, 0) is 11.6 Å². The van der Waals surface area contributed by atoms with Gasteiger partial charge in [-0.3, -0.25) is 4.90 Å². The maximum absolute atomic E-state index is 13.9. The number of aliphatic hydroxyl groups excluding tert-OH is 1. The van der Waals surface area contributed by atoms with Crippen LogP contribution in [0.25, 0.3) is 0 Å². The first-order valence-corrected chi connectivity index (χ1v) is 7.64. The summed E-state index contributed by atoms with van der Waals surface area (Å²) in [4.78, 5) is 2.16. The lowest BCUT2D eigenvalue weighted by molar-refractivity contribution is 0.0735. The van der Waals surface area contributed by atoms with Gasteiger partial charge in [0.15, 0.2) is 0 Å². The highest BCUT2D eigenvalue weighted by molar-refractivity contribution is 5.21. The Balaban J connectivity index is 1.76. The van der Waals surface area contributed by atoms with Crippen LogP contribution in [-0.4, -0.2) is 35.7 Å². The average molecular weight is 300 g/mol. The zero-order valence-electron chi connectivity index (χ0n) is 12.5. The smallest absolute Gasteiger partial charge is 0.127 e. The summed E-state index contributed by atoms with van der Waals surface area (Å²) in [5.41, 5.74) is 1.90. The molecule has 0 saturated carbocycles. The van der Waals surface area contributed by atoms with Gasteiger partial charge in [0, 0.05) is 37.3 Å². The molecule has 0 amide bonds. The first-order valence-electron chi connectivity index (χ1n) is 7.64. The van der Waals surface area contributed by atoms with Gasteiger partial charge in [0.2, 0.25) is 0 Å². The summed E-state index contributed by atoms with van der Waals surface area (Å²) >= 11 is 0. The molecule has 2 N–H and O–H groups in total. The fourth-order valence-corrected chi connectivity index (χ4v) is 2.98. The molecule has 2 aromatic carbocycles. The standard InChI is InChI=1S/C18H21FN2O/c19-17-9-5-4-8-15(17)11-21-12-18(20-10-16(21)13-22)14-6-2-1-3-7-14/h1-9,16,18,20,22H,10-13H2. The predicted octanol–water partition coefficient (Wildman–Crippen LogP) is 2.33. The van der Waals surface area contributed by atoms with E-state index in [2.05, 4.69) is 22.3 Å². The molecule has 1 saturated heterocycles. The highest BCUT2D eigenvalue weighted by atomic mass is 19.1. The fraction of sp³-hybridized carbons (Fsp3) is 0.333. The monoisotopic (exact) mass is 300 g/mol. The number of hydrogen-bond acceptors (Lipinski definition) is 3. The molecule has 1 fully saturated rings. The summed E-state index contributed by atoms with van der Waals surface area (Å²) in [6, 6.07) is 17.3. The van der Waals surface area contributed by atoms with Gasteiger partial charge >= 0.3 is 0 Å². The van der Waals surface area contributed by atoms with E-state index in [1.165, 1.54) is 11.6 Å². The van der Waals surface area contributed by atoms with Crippen LogP contribution in [-0.2, 0) is 6.54 Å². The molecule has 3 nitrogen and oxygen atoms in total. The number of hydrogen-bond donors (Lipinski definition) is 2. The number of piperazine rings is 1. The van der Waals surface area contributed by atoms with Crippen molar-refractivity contribution in [3.05, 3.63) is 71.5 Å². The van der Waals surface area contributed by atoms with E-state index in [0.717, 1.165) is 6.54 Å². The topological polar surface area (TPSA) is 35.5 Å². The van der Waals surface area contributed by atoms with Crippen molar-refractivity contribution < 1.29 is 9.50 Å². The summed E-state index contributed by atoms with van der Waals surface area (Å²) in [5.74, 6) is -0.186. The number of nitrogens with zero attached hydrogens (tertiary/aromatic N) is 1. The van der Waals surface area contributed by atoms with Crippen molar-refractivity contribution in [2.24, 2.45) is 0 Å². The van der Waals surface area contributed by atoms with E-state index >= 15 is 0 Å². The van der Waals surface area contributed by atoms with Gasteiger partial charge in [0.1, 0.15) is 5.82 Å². The molecule has 0 spiro atoms. The summed E-state index contributed by atoms with van der Waals surface area (Å²) in [6.07, 6.45) is 0. The van der Waals surface area contributed by atoms with Gasteiger partial charge in [0.05, 0.1) is 6.61 Å². The van der Waals surface area contributed by atoms with E-state index in [-0.39, 0.29) is 24.5 Å². The molecule has 1 heterocycles. The van der Waals surface area contributed by atoms with E-state index in [1.54, 1.807) is 6.07 Å². The lowest BCUT2D eigenvalue weighted by Crippen LogP contribution is -2.53. The Morgan fingerprint density at radius 1 is 1.09 bits per heavy atom. The Labute approximate surface area is 130 Å². The van der Waals surface area contributed by atoms with Crippen LogP contribution in [0.2, 0.25) is 0 Å². The molecule has 0 bridgehead atoms. The third kappa shape index (κ3) is 3.35. The number of halogens is 1. The highest BCUT2D eigenvalue weighted by Crippen LogP contribution is 2.22. The minimum absolute atomic E-state index is 0.0135. The van der Waals surface area contributed by atoms with Crippen molar-refractivity contribution in [2.45, 2.75) is 18.6 Å². The molecular weight excluding hydrogens is 279 g/mol. The zero-order chi connectivity index (χ0) is 15.4. The molecule has 0 radical (unpaired) electrons. The maximum Gasteiger partial charge on any atom is 0.127 e. The Hall–Kier alpha value is -1.75. The summed E-state index contributed by atoms with van der Waals surface area (Å²) in [6.45, 7) is 2.04. The number of nitrogens with one attached hydrogen (secondary N) is 1. The van der Waals surface area contributed by atoms with Crippen LogP contribution in [0.15, 0.2) is 54.6 Å². The predicted molar refractivity (Wildman–Crippen MR) is 84.9 cm³/mol. The van der Waals surface area contributed by atoms with Crippen molar-refractivity contribution >= 4 is 0 Å². The van der Waals surface area contributed by atoms with Gasteiger partial charge in [-0.25, -0.2) is 4.39 Å². The van der Waals surface area contributed by atoms with Crippen molar-refractivity contribution in [1.82, 2.24) is 10.2 Å². The molecule has 2 atom stereocenters. The van der Waals surface area contributed by atoms with Crippen molar-refractivity contribution in [3.63, 3.8) is 0 Å². The van der Waals surface area contributed by atoms with Crippen LogP contribution in [0.3, 0.4) is 0 Å². The maximum atomic E-state index is 13.9. The first kappa shape index (κ1) is 15.2. The largest absolute Gasteiger partial charge is 0.395 e. The first-order chi connectivity index (χ1) is 10.8. The Kier molecular flexibility index (Phi) is 4.83. The van der Waals surface area contributed by atoms with Gasteiger partial charge in [-0.2, -0.15) is 0 Å². The lowest BCUT2D eigenvalue weighted by Gasteiger charge is -2.40. The minimum Gasteiger partial charge on any atom is -0.395 e.